The Morgan fingerprint density at radius 2 is 1.92 bits per heavy atom. The molecule has 0 aromatic carbocycles. The van der Waals surface area contributed by atoms with Gasteiger partial charge in [-0.1, -0.05) is 6.58 Å². The molecule has 13 heavy (non-hydrogen) atoms. The van der Waals surface area contributed by atoms with Crippen molar-refractivity contribution in [2.24, 2.45) is 0 Å². The summed E-state index contributed by atoms with van der Waals surface area (Å²) < 4.78 is 5.20. The van der Waals surface area contributed by atoms with Crippen LogP contribution in [0.3, 0.4) is 0 Å². The molecule has 0 unspecified atom stereocenters. The average molecular weight is 203 g/mol. The van der Waals surface area contributed by atoms with E-state index in [0.29, 0.717) is 5.57 Å². The van der Waals surface area contributed by atoms with Gasteiger partial charge in [0.15, 0.2) is 0 Å². The molecule has 0 aromatic rings. The van der Waals surface area contributed by atoms with Crippen molar-refractivity contribution in [1.82, 2.24) is 0 Å². The Morgan fingerprint density at radius 1 is 1.38 bits per heavy atom. The van der Waals surface area contributed by atoms with E-state index >= 15 is 0 Å². The minimum Gasteiger partial charge on any atom is -0.459 e. The van der Waals surface area contributed by atoms with Crippen molar-refractivity contribution in [3.05, 3.63) is 12.2 Å². The largest absolute Gasteiger partial charge is 0.459 e. The number of esters is 1. The van der Waals surface area contributed by atoms with Crippen LogP contribution in [0.25, 0.3) is 0 Å². The van der Waals surface area contributed by atoms with Crippen LogP contribution in [0.2, 0.25) is 0 Å². The van der Waals surface area contributed by atoms with Crippen LogP contribution in [0.5, 0.6) is 0 Å². The average Bonchev–Trinajstić information content (AvgIpc) is 2.08. The van der Waals surface area contributed by atoms with E-state index < -0.39 is 0 Å². The summed E-state index contributed by atoms with van der Waals surface area (Å²) in [6.07, 6.45) is 3.70. The molecule has 74 valence electrons. The molecule has 1 rings (SSSR count). The number of hydrogen-bond donors (Lipinski definition) is 0. The van der Waals surface area contributed by atoms with Gasteiger partial charge in [-0.3, -0.25) is 0 Å². The summed E-state index contributed by atoms with van der Waals surface area (Å²) >= 11 is 5.92. The molecule has 0 radical (unpaired) electrons. The maximum Gasteiger partial charge on any atom is 0.333 e. The second-order valence-electron chi connectivity index (χ2n) is 3.56. The van der Waals surface area contributed by atoms with Gasteiger partial charge in [0, 0.05) is 11.0 Å². The van der Waals surface area contributed by atoms with Crippen molar-refractivity contribution in [2.45, 2.75) is 44.1 Å². The Labute approximate surface area is 83.9 Å². The monoisotopic (exact) mass is 202 g/mol. The Balaban J connectivity index is 2.30. The van der Waals surface area contributed by atoms with Crippen LogP contribution >= 0.6 is 11.6 Å². The number of ether oxygens (including phenoxy) is 1. The van der Waals surface area contributed by atoms with E-state index in [9.17, 15) is 4.79 Å². The summed E-state index contributed by atoms with van der Waals surface area (Å²) in [5.41, 5.74) is 0.466. The van der Waals surface area contributed by atoms with Crippen molar-refractivity contribution in [3.63, 3.8) is 0 Å². The second kappa shape index (κ2) is 4.66. The number of rotatable bonds is 2. The highest BCUT2D eigenvalue weighted by Crippen LogP contribution is 2.25. The number of carbonyl (C=O) groups is 1. The summed E-state index contributed by atoms with van der Waals surface area (Å²) in [6, 6.07) is 0. The Hall–Kier alpha value is -0.500. The van der Waals surface area contributed by atoms with Crippen molar-refractivity contribution in [1.29, 1.82) is 0 Å². The first-order chi connectivity index (χ1) is 6.09. The van der Waals surface area contributed by atoms with E-state index in [1.54, 1.807) is 6.92 Å². The third kappa shape index (κ3) is 3.39. The predicted octanol–water partition coefficient (Wildman–Crippen LogP) is 2.66. The summed E-state index contributed by atoms with van der Waals surface area (Å²) in [5.74, 6) is -0.280. The molecular weight excluding hydrogens is 188 g/mol. The lowest BCUT2D eigenvalue weighted by molar-refractivity contribution is -0.145. The molecule has 1 aliphatic rings. The van der Waals surface area contributed by atoms with Gasteiger partial charge in [-0.15, -0.1) is 11.6 Å². The van der Waals surface area contributed by atoms with Gasteiger partial charge in [0.1, 0.15) is 6.10 Å². The van der Waals surface area contributed by atoms with Crippen LogP contribution in [-0.4, -0.2) is 17.5 Å². The molecule has 1 aliphatic carbocycles. The Kier molecular flexibility index (Phi) is 3.79. The van der Waals surface area contributed by atoms with Crippen LogP contribution < -0.4 is 0 Å². The molecule has 0 aliphatic heterocycles. The normalized spacial score (nSPS) is 28.2. The maximum atomic E-state index is 11.1. The highest BCUT2D eigenvalue weighted by atomic mass is 35.5. The van der Waals surface area contributed by atoms with E-state index in [0.717, 1.165) is 25.7 Å². The summed E-state index contributed by atoms with van der Waals surface area (Å²) in [7, 11) is 0. The molecule has 0 saturated heterocycles. The third-order valence-electron chi connectivity index (χ3n) is 2.23. The number of alkyl halides is 1. The van der Waals surface area contributed by atoms with Gasteiger partial charge in [0.25, 0.3) is 0 Å². The first kappa shape index (κ1) is 10.6. The quantitative estimate of drug-likeness (QED) is 0.391. The lowest BCUT2D eigenvalue weighted by Crippen LogP contribution is -2.24. The van der Waals surface area contributed by atoms with E-state index in [2.05, 4.69) is 6.58 Å². The fourth-order valence-corrected chi connectivity index (χ4v) is 1.64. The first-order valence-electron chi connectivity index (χ1n) is 4.60. The highest BCUT2D eigenvalue weighted by Gasteiger charge is 2.22. The van der Waals surface area contributed by atoms with Gasteiger partial charge in [0.05, 0.1) is 0 Å². The lowest BCUT2D eigenvalue weighted by Gasteiger charge is -2.24. The zero-order chi connectivity index (χ0) is 9.84. The van der Waals surface area contributed by atoms with Crippen LogP contribution in [0, 0.1) is 0 Å². The molecule has 0 bridgehead atoms. The summed E-state index contributed by atoms with van der Waals surface area (Å²) in [5, 5.41) is 0.264. The SMILES string of the molecule is C=C(C)C(=O)OC1CCC(Cl)CC1. The maximum absolute atomic E-state index is 11.1. The lowest BCUT2D eigenvalue weighted by atomic mass is 9.97. The molecule has 0 amide bonds. The Bertz CT molecular complexity index is 205. The molecule has 0 heterocycles. The summed E-state index contributed by atoms with van der Waals surface area (Å²) in [4.78, 5) is 11.1. The number of halogens is 1. The van der Waals surface area contributed by atoms with Gasteiger partial charge in [-0.25, -0.2) is 4.79 Å². The van der Waals surface area contributed by atoms with Crippen LogP contribution in [0.4, 0.5) is 0 Å². The molecular formula is C10H15ClO2. The zero-order valence-corrected chi connectivity index (χ0v) is 8.64. The molecule has 0 N–H and O–H groups in total. The standard InChI is InChI=1S/C10H15ClO2/c1-7(2)10(12)13-9-5-3-8(11)4-6-9/h8-9H,1,3-6H2,2H3. The molecule has 3 heteroatoms. The molecule has 1 saturated carbocycles. The van der Waals surface area contributed by atoms with Crippen molar-refractivity contribution >= 4 is 17.6 Å². The summed E-state index contributed by atoms with van der Waals surface area (Å²) in [6.45, 7) is 5.20. The second-order valence-corrected chi connectivity index (χ2v) is 4.18. The highest BCUT2D eigenvalue weighted by molar-refractivity contribution is 6.20. The molecule has 1 fully saturated rings. The van der Waals surface area contributed by atoms with Gasteiger partial charge < -0.3 is 4.74 Å². The number of hydrogen-bond acceptors (Lipinski definition) is 2. The molecule has 0 atom stereocenters. The van der Waals surface area contributed by atoms with Crippen LogP contribution in [0.15, 0.2) is 12.2 Å². The predicted molar refractivity (Wildman–Crippen MR) is 52.8 cm³/mol. The molecule has 0 aromatic heterocycles. The van der Waals surface area contributed by atoms with Gasteiger partial charge in [0.2, 0.25) is 0 Å². The smallest absolute Gasteiger partial charge is 0.333 e. The van der Waals surface area contributed by atoms with Gasteiger partial charge in [-0.05, 0) is 32.6 Å². The van der Waals surface area contributed by atoms with Crippen molar-refractivity contribution < 1.29 is 9.53 Å². The van der Waals surface area contributed by atoms with E-state index in [1.807, 2.05) is 0 Å². The van der Waals surface area contributed by atoms with Crippen LogP contribution in [0.1, 0.15) is 32.6 Å². The minimum atomic E-state index is -0.280. The minimum absolute atomic E-state index is 0.0548. The van der Waals surface area contributed by atoms with Crippen LogP contribution in [-0.2, 0) is 9.53 Å². The molecule has 0 spiro atoms. The third-order valence-corrected chi connectivity index (χ3v) is 2.66. The zero-order valence-electron chi connectivity index (χ0n) is 7.88. The van der Waals surface area contributed by atoms with E-state index in [-0.39, 0.29) is 17.5 Å². The fraction of sp³-hybridized carbons (Fsp3) is 0.700. The Morgan fingerprint density at radius 3 is 2.38 bits per heavy atom. The van der Waals surface area contributed by atoms with Gasteiger partial charge >= 0.3 is 5.97 Å². The first-order valence-corrected chi connectivity index (χ1v) is 5.04. The molecule has 2 nitrogen and oxygen atoms in total. The number of carbonyl (C=O) groups excluding carboxylic acids is 1. The fourth-order valence-electron chi connectivity index (χ4n) is 1.39. The topological polar surface area (TPSA) is 26.3 Å². The van der Waals surface area contributed by atoms with Crippen molar-refractivity contribution in [2.75, 3.05) is 0 Å². The van der Waals surface area contributed by atoms with E-state index in [4.69, 9.17) is 16.3 Å². The van der Waals surface area contributed by atoms with Gasteiger partial charge in [-0.2, -0.15) is 0 Å². The van der Waals surface area contributed by atoms with E-state index in [1.165, 1.54) is 0 Å². The van der Waals surface area contributed by atoms with Crippen molar-refractivity contribution in [3.8, 4) is 0 Å².